The second-order valence-electron chi connectivity index (χ2n) is 4.68. The Bertz CT molecular complexity index is 408. The van der Waals surface area contributed by atoms with Crippen molar-refractivity contribution >= 4 is 37.1 Å². The number of nitrogens with zero attached hydrogens (tertiary/aromatic N) is 2. The van der Waals surface area contributed by atoms with Crippen molar-refractivity contribution in [2.75, 3.05) is 0 Å². The number of aromatic nitrogens is 2. The average Bonchev–Trinajstić information content (AvgIpc) is 2.72. The maximum atomic E-state index is 5.99. The van der Waals surface area contributed by atoms with Gasteiger partial charge >= 0.3 is 37.1 Å². The Morgan fingerprint density at radius 2 is 1.60 bits per heavy atom. The van der Waals surface area contributed by atoms with E-state index in [2.05, 4.69) is 17.1 Å². The predicted molar refractivity (Wildman–Crippen MR) is 80.0 cm³/mol. The fourth-order valence-electron chi connectivity index (χ4n) is 1.95. The van der Waals surface area contributed by atoms with Crippen LogP contribution in [0.1, 0.15) is 6.42 Å². The molecule has 0 aromatic carbocycles. The summed E-state index contributed by atoms with van der Waals surface area (Å²) in [5.41, 5.74) is 0. The summed E-state index contributed by atoms with van der Waals surface area (Å²) in [6.07, 6.45) is 7.26. The first-order chi connectivity index (χ1) is 9.52. The highest BCUT2D eigenvalue weighted by molar-refractivity contribution is 6.72. The molecular weight excluding hydrogens is 324 g/mol. The molecule has 2 heterocycles. The zero-order valence-electron chi connectivity index (χ0n) is 12.4. The van der Waals surface area contributed by atoms with Crippen molar-refractivity contribution < 1.29 is 21.0 Å². The van der Waals surface area contributed by atoms with Crippen molar-refractivity contribution in [1.82, 2.24) is 4.57 Å². The van der Waals surface area contributed by atoms with Crippen molar-refractivity contribution in [3.63, 3.8) is 0 Å². The normalized spacial score (nSPS) is 21.0. The molecule has 0 bridgehead atoms. The highest BCUT2D eigenvalue weighted by atomic mass is 28.5. The van der Waals surface area contributed by atoms with Crippen LogP contribution >= 0.6 is 0 Å². The Labute approximate surface area is 127 Å². The number of aryl methyl sites for hydroxylation is 2. The van der Waals surface area contributed by atoms with E-state index in [-0.39, 0.29) is 0 Å². The number of imidazole rings is 1. The van der Waals surface area contributed by atoms with E-state index in [1.807, 2.05) is 37.5 Å². The Balaban J connectivity index is 1.78. The molecule has 4 radical (unpaired) electrons. The van der Waals surface area contributed by atoms with Crippen LogP contribution in [-0.2, 0) is 30.1 Å². The minimum atomic E-state index is -1.25. The summed E-state index contributed by atoms with van der Waals surface area (Å²) in [5, 5.41) is 0. The highest BCUT2D eigenvalue weighted by Crippen LogP contribution is 2.12. The predicted octanol–water partition coefficient (Wildman–Crippen LogP) is 0.625. The first kappa shape index (κ1) is 16.3. The molecule has 1 fully saturated rings. The molecule has 0 N–H and O–H groups in total. The Kier molecular flexibility index (Phi) is 6.35. The van der Waals surface area contributed by atoms with E-state index in [9.17, 15) is 0 Å². The maximum absolute atomic E-state index is 5.99. The largest absolute Gasteiger partial charge is 0.414 e. The molecule has 1 aliphatic rings. The standard InChI is InChI=1S/C10H21N2O4Si4/c1-11-7-8-12(10-11)6-5-9-20-15-18(3)13-17(2)14-19(4)16-20/h7-8,10H,5-6,9H2,1-4H3/q+1. The summed E-state index contributed by atoms with van der Waals surface area (Å²) in [6, 6.07) is 0.967. The lowest BCUT2D eigenvalue weighted by atomic mass is 10.5. The third kappa shape index (κ3) is 5.36. The SMILES string of the molecule is C[n+]1ccn(CCC[Si]2O[Si](C)O[Si](C)O[Si](C)O2)c1. The molecule has 0 saturated carbocycles. The average molecular weight is 346 g/mol. The molecule has 1 saturated heterocycles. The van der Waals surface area contributed by atoms with Crippen LogP contribution in [0.3, 0.4) is 0 Å². The van der Waals surface area contributed by atoms with E-state index < -0.39 is 37.1 Å². The maximum Gasteiger partial charge on any atom is 0.365 e. The van der Waals surface area contributed by atoms with Gasteiger partial charge in [0.25, 0.3) is 0 Å². The van der Waals surface area contributed by atoms with Crippen LogP contribution in [0.15, 0.2) is 18.7 Å². The van der Waals surface area contributed by atoms with Crippen molar-refractivity contribution in [3.05, 3.63) is 18.7 Å². The minimum absolute atomic E-state index is 0.967. The summed E-state index contributed by atoms with van der Waals surface area (Å²) in [6.45, 7) is 7.04. The third-order valence-corrected chi connectivity index (χ3v) is 12.2. The van der Waals surface area contributed by atoms with E-state index in [1.165, 1.54) is 0 Å². The summed E-state index contributed by atoms with van der Waals surface area (Å²) in [7, 11) is -2.84. The summed E-state index contributed by atoms with van der Waals surface area (Å²) < 4.78 is 27.8. The van der Waals surface area contributed by atoms with Crippen molar-refractivity contribution in [1.29, 1.82) is 0 Å². The quantitative estimate of drug-likeness (QED) is 0.593. The van der Waals surface area contributed by atoms with Gasteiger partial charge in [0.2, 0.25) is 6.33 Å². The first-order valence-electron chi connectivity index (χ1n) is 6.62. The Hall–Kier alpha value is -0.0825. The van der Waals surface area contributed by atoms with Gasteiger partial charge in [0, 0.05) is 0 Å². The fraction of sp³-hybridized carbons (Fsp3) is 0.700. The fourth-order valence-corrected chi connectivity index (χ4v) is 11.2. The smallest absolute Gasteiger partial charge is 0.365 e. The molecule has 0 atom stereocenters. The topological polar surface area (TPSA) is 45.7 Å². The van der Waals surface area contributed by atoms with E-state index in [0.717, 1.165) is 19.0 Å². The van der Waals surface area contributed by atoms with Crippen LogP contribution in [0.25, 0.3) is 0 Å². The van der Waals surface area contributed by atoms with Crippen LogP contribution < -0.4 is 4.57 Å². The molecule has 0 aliphatic carbocycles. The number of rotatable bonds is 4. The summed E-state index contributed by atoms with van der Waals surface area (Å²) in [5.74, 6) is 0. The molecule has 0 unspecified atom stereocenters. The Morgan fingerprint density at radius 1 is 1.00 bits per heavy atom. The van der Waals surface area contributed by atoms with Crippen LogP contribution in [0.4, 0.5) is 0 Å². The first-order valence-corrected chi connectivity index (χ1v) is 13.6. The monoisotopic (exact) mass is 345 g/mol. The Morgan fingerprint density at radius 3 is 2.15 bits per heavy atom. The molecule has 110 valence electrons. The molecule has 6 nitrogen and oxygen atoms in total. The van der Waals surface area contributed by atoms with Crippen molar-refractivity contribution in [2.24, 2.45) is 7.05 Å². The van der Waals surface area contributed by atoms with Gasteiger partial charge in [0.15, 0.2) is 0 Å². The number of hydrogen-bond acceptors (Lipinski definition) is 4. The van der Waals surface area contributed by atoms with Gasteiger partial charge in [-0.25, -0.2) is 9.13 Å². The van der Waals surface area contributed by atoms with Gasteiger partial charge in [-0.1, -0.05) is 0 Å². The molecule has 2 rings (SSSR count). The zero-order chi connectivity index (χ0) is 14.5. The second-order valence-corrected chi connectivity index (χ2v) is 12.1. The van der Waals surface area contributed by atoms with Gasteiger partial charge in [-0.3, -0.25) is 0 Å². The minimum Gasteiger partial charge on any atom is -0.414 e. The van der Waals surface area contributed by atoms with Crippen LogP contribution in [0.2, 0.25) is 25.7 Å². The molecule has 0 spiro atoms. The van der Waals surface area contributed by atoms with Crippen LogP contribution in [-0.4, -0.2) is 41.7 Å². The lowest BCUT2D eigenvalue weighted by Gasteiger charge is -2.27. The molecule has 10 heteroatoms. The summed E-state index contributed by atoms with van der Waals surface area (Å²) >= 11 is 0. The number of hydrogen-bond donors (Lipinski definition) is 0. The van der Waals surface area contributed by atoms with Gasteiger partial charge in [-0.2, -0.15) is 0 Å². The third-order valence-electron chi connectivity index (χ3n) is 2.71. The van der Waals surface area contributed by atoms with E-state index >= 15 is 0 Å². The van der Waals surface area contributed by atoms with Gasteiger partial charge in [-0.15, -0.1) is 0 Å². The lowest BCUT2D eigenvalue weighted by Crippen LogP contribution is -2.45. The van der Waals surface area contributed by atoms with Gasteiger partial charge in [0.05, 0.1) is 13.6 Å². The van der Waals surface area contributed by atoms with Crippen molar-refractivity contribution in [2.45, 2.75) is 38.7 Å². The van der Waals surface area contributed by atoms with Gasteiger partial charge in [0.1, 0.15) is 12.4 Å². The van der Waals surface area contributed by atoms with Crippen LogP contribution in [0.5, 0.6) is 0 Å². The van der Waals surface area contributed by atoms with Gasteiger partial charge < -0.3 is 16.5 Å². The molecule has 1 aromatic rings. The molecular formula is C10H21N2O4Si4+. The van der Waals surface area contributed by atoms with Crippen molar-refractivity contribution in [3.8, 4) is 0 Å². The molecule has 1 aliphatic heterocycles. The second kappa shape index (κ2) is 7.79. The van der Waals surface area contributed by atoms with E-state index in [4.69, 9.17) is 16.5 Å². The van der Waals surface area contributed by atoms with E-state index in [1.54, 1.807) is 0 Å². The zero-order valence-corrected chi connectivity index (χ0v) is 16.4. The lowest BCUT2D eigenvalue weighted by molar-refractivity contribution is -0.671. The van der Waals surface area contributed by atoms with Gasteiger partial charge in [-0.05, 0) is 32.1 Å². The molecule has 1 aromatic heterocycles. The summed E-state index contributed by atoms with van der Waals surface area (Å²) in [4.78, 5) is 0. The van der Waals surface area contributed by atoms with Crippen LogP contribution in [0, 0.1) is 0 Å². The molecule has 20 heavy (non-hydrogen) atoms. The van der Waals surface area contributed by atoms with E-state index in [0.29, 0.717) is 0 Å². The molecule has 0 amide bonds. The highest BCUT2D eigenvalue weighted by Gasteiger charge is 2.32.